The highest BCUT2D eigenvalue weighted by atomic mass is 35.5. The lowest BCUT2D eigenvalue weighted by atomic mass is 10.0. The summed E-state index contributed by atoms with van der Waals surface area (Å²) in [6.07, 6.45) is 0. The van der Waals surface area contributed by atoms with Crippen molar-refractivity contribution in [1.29, 1.82) is 0 Å². The molecular formula is C21H16ClN3O2S. The molecule has 0 radical (unpaired) electrons. The van der Waals surface area contributed by atoms with Crippen LogP contribution in [0.4, 0.5) is 5.69 Å². The highest BCUT2D eigenvalue weighted by Crippen LogP contribution is 2.24. The summed E-state index contributed by atoms with van der Waals surface area (Å²) in [6, 6.07) is 15.7. The molecular weight excluding hydrogens is 394 g/mol. The number of carbonyl (C=O) groups is 1. The largest absolute Gasteiger partial charge is 0.379 e. The minimum absolute atomic E-state index is 0.114. The smallest absolute Gasteiger partial charge is 0.259 e. The van der Waals surface area contributed by atoms with E-state index in [4.69, 9.17) is 11.6 Å². The normalized spacial score (nSPS) is 10.9. The fourth-order valence-electron chi connectivity index (χ4n) is 2.98. The molecule has 0 atom stereocenters. The maximum Gasteiger partial charge on any atom is 0.259 e. The molecule has 7 heteroatoms. The van der Waals surface area contributed by atoms with Gasteiger partial charge in [0.05, 0.1) is 12.2 Å². The second-order valence-corrected chi connectivity index (χ2v) is 7.59. The van der Waals surface area contributed by atoms with Crippen molar-refractivity contribution in [2.24, 2.45) is 0 Å². The number of benzene rings is 2. The molecule has 0 saturated carbocycles. The van der Waals surface area contributed by atoms with Gasteiger partial charge in [-0.25, -0.2) is 4.98 Å². The first kappa shape index (κ1) is 18.4. The number of fused-ring (bicyclic) bond motifs is 1. The summed E-state index contributed by atoms with van der Waals surface area (Å²) >= 11 is 7.54. The summed E-state index contributed by atoms with van der Waals surface area (Å²) < 4.78 is 1.58. The van der Waals surface area contributed by atoms with Gasteiger partial charge in [-0.2, -0.15) is 0 Å². The van der Waals surface area contributed by atoms with Crippen molar-refractivity contribution in [3.63, 3.8) is 0 Å². The van der Waals surface area contributed by atoms with Crippen molar-refractivity contribution in [3.8, 4) is 0 Å². The van der Waals surface area contributed by atoms with Crippen LogP contribution in [0, 0.1) is 6.92 Å². The van der Waals surface area contributed by atoms with Crippen LogP contribution in [0.15, 0.2) is 64.8 Å². The van der Waals surface area contributed by atoms with Crippen molar-refractivity contribution in [2.75, 3.05) is 5.32 Å². The minimum Gasteiger partial charge on any atom is -0.379 e. The van der Waals surface area contributed by atoms with Gasteiger partial charge in [-0.1, -0.05) is 41.9 Å². The average molecular weight is 410 g/mol. The number of hydrogen-bond acceptors (Lipinski definition) is 5. The fraction of sp³-hybridized carbons (Fsp3) is 0.0952. The Balaban J connectivity index is 1.64. The summed E-state index contributed by atoms with van der Waals surface area (Å²) in [5, 5.41) is 5.60. The van der Waals surface area contributed by atoms with Crippen LogP contribution in [0.3, 0.4) is 0 Å². The second-order valence-electron chi connectivity index (χ2n) is 6.32. The van der Waals surface area contributed by atoms with Crippen LogP contribution in [0.5, 0.6) is 0 Å². The maximum absolute atomic E-state index is 12.9. The van der Waals surface area contributed by atoms with Crippen molar-refractivity contribution in [1.82, 2.24) is 9.38 Å². The number of aryl methyl sites for hydroxylation is 1. The molecule has 2 aromatic carbocycles. The maximum atomic E-state index is 12.9. The fourth-order valence-corrected chi connectivity index (χ4v) is 4.04. The third kappa shape index (κ3) is 3.56. The zero-order valence-electron chi connectivity index (χ0n) is 15.0. The predicted molar refractivity (Wildman–Crippen MR) is 113 cm³/mol. The Kier molecular flexibility index (Phi) is 4.98. The molecule has 1 N–H and O–H groups in total. The molecule has 28 heavy (non-hydrogen) atoms. The Hall–Kier alpha value is -2.96. The summed E-state index contributed by atoms with van der Waals surface area (Å²) in [5.74, 6) is -0.122. The Morgan fingerprint density at radius 3 is 2.75 bits per heavy atom. The van der Waals surface area contributed by atoms with E-state index in [0.29, 0.717) is 39.0 Å². The molecule has 140 valence electrons. The van der Waals surface area contributed by atoms with Gasteiger partial charge >= 0.3 is 0 Å². The highest BCUT2D eigenvalue weighted by molar-refractivity contribution is 7.15. The molecule has 4 rings (SSSR count). The lowest BCUT2D eigenvalue weighted by Gasteiger charge is -2.12. The lowest BCUT2D eigenvalue weighted by molar-refractivity contribution is 0.103. The molecule has 0 amide bonds. The lowest BCUT2D eigenvalue weighted by Crippen LogP contribution is -2.17. The number of ketones is 1. The molecule has 0 fully saturated rings. The van der Waals surface area contributed by atoms with E-state index >= 15 is 0 Å². The number of rotatable bonds is 5. The molecule has 0 bridgehead atoms. The standard InChI is InChI=1S/C21H16ClN3O2S/c1-13-12-28-21-24-16(10-19(26)25(13)21)11-23-18-8-7-15(22)9-17(18)20(27)14-5-3-2-4-6-14/h2-10,12,23H,11H2,1H3. The minimum atomic E-state index is -0.122. The second kappa shape index (κ2) is 7.58. The predicted octanol–water partition coefficient (Wildman–Crippen LogP) is 4.56. The van der Waals surface area contributed by atoms with E-state index in [1.165, 1.54) is 17.4 Å². The summed E-state index contributed by atoms with van der Waals surface area (Å²) in [5.41, 5.74) is 3.06. The van der Waals surface area contributed by atoms with Crippen molar-refractivity contribution in [2.45, 2.75) is 13.5 Å². The SMILES string of the molecule is Cc1csc2nc(CNc3ccc(Cl)cc3C(=O)c3ccccc3)cc(=O)n12. The molecule has 0 spiro atoms. The van der Waals surface area contributed by atoms with Crippen LogP contribution in [0.2, 0.25) is 5.02 Å². The molecule has 0 aliphatic carbocycles. The molecule has 2 aromatic heterocycles. The van der Waals surface area contributed by atoms with E-state index in [0.717, 1.165) is 5.69 Å². The van der Waals surface area contributed by atoms with E-state index < -0.39 is 0 Å². The van der Waals surface area contributed by atoms with Crippen LogP contribution in [0.1, 0.15) is 27.3 Å². The van der Waals surface area contributed by atoms with E-state index in [2.05, 4.69) is 10.3 Å². The van der Waals surface area contributed by atoms with Gasteiger partial charge in [0.15, 0.2) is 10.7 Å². The van der Waals surface area contributed by atoms with Gasteiger partial charge in [0.1, 0.15) is 0 Å². The van der Waals surface area contributed by atoms with Gasteiger partial charge in [-0.3, -0.25) is 14.0 Å². The van der Waals surface area contributed by atoms with E-state index in [9.17, 15) is 9.59 Å². The van der Waals surface area contributed by atoms with Gasteiger partial charge in [0.2, 0.25) is 0 Å². The first-order valence-electron chi connectivity index (χ1n) is 8.63. The van der Waals surface area contributed by atoms with Crippen molar-refractivity contribution >= 4 is 39.4 Å². The van der Waals surface area contributed by atoms with Crippen molar-refractivity contribution in [3.05, 3.63) is 97.9 Å². The molecule has 0 saturated heterocycles. The molecule has 0 unspecified atom stereocenters. The van der Waals surface area contributed by atoms with Crippen LogP contribution in [-0.2, 0) is 6.54 Å². The van der Waals surface area contributed by atoms with Gasteiger partial charge in [0, 0.05) is 39.0 Å². The first-order chi connectivity index (χ1) is 13.5. The number of anilines is 1. The van der Waals surface area contributed by atoms with Crippen LogP contribution >= 0.6 is 22.9 Å². The van der Waals surface area contributed by atoms with Gasteiger partial charge in [-0.15, -0.1) is 11.3 Å². The molecule has 0 aliphatic rings. The number of nitrogens with zero attached hydrogens (tertiary/aromatic N) is 2. The Labute approximate surface area is 170 Å². The average Bonchev–Trinajstić information content (AvgIpc) is 3.08. The zero-order valence-corrected chi connectivity index (χ0v) is 16.6. The zero-order chi connectivity index (χ0) is 19.7. The number of thiazole rings is 1. The summed E-state index contributed by atoms with van der Waals surface area (Å²) in [7, 11) is 0. The Bertz CT molecular complexity index is 1230. The number of hydrogen-bond donors (Lipinski definition) is 1. The van der Waals surface area contributed by atoms with Gasteiger partial charge < -0.3 is 5.32 Å². The quantitative estimate of drug-likeness (QED) is 0.491. The van der Waals surface area contributed by atoms with E-state index in [1.807, 2.05) is 30.5 Å². The van der Waals surface area contributed by atoms with Crippen LogP contribution in [-0.4, -0.2) is 15.2 Å². The van der Waals surface area contributed by atoms with Crippen LogP contribution in [0.25, 0.3) is 4.96 Å². The molecule has 4 aromatic rings. The third-order valence-electron chi connectivity index (χ3n) is 4.35. The number of nitrogens with one attached hydrogen (secondary N) is 1. The van der Waals surface area contributed by atoms with Gasteiger partial charge in [0.25, 0.3) is 5.56 Å². The van der Waals surface area contributed by atoms with Crippen LogP contribution < -0.4 is 10.9 Å². The van der Waals surface area contributed by atoms with Gasteiger partial charge in [-0.05, 0) is 25.1 Å². The first-order valence-corrected chi connectivity index (χ1v) is 9.88. The molecule has 2 heterocycles. The topological polar surface area (TPSA) is 63.5 Å². The number of aromatic nitrogens is 2. The van der Waals surface area contributed by atoms with E-state index in [-0.39, 0.29) is 11.3 Å². The Morgan fingerprint density at radius 2 is 1.96 bits per heavy atom. The highest BCUT2D eigenvalue weighted by Gasteiger charge is 2.15. The number of carbonyl (C=O) groups excluding carboxylic acids is 1. The monoisotopic (exact) mass is 409 g/mol. The van der Waals surface area contributed by atoms with E-state index in [1.54, 1.807) is 34.7 Å². The summed E-state index contributed by atoms with van der Waals surface area (Å²) in [6.45, 7) is 2.19. The number of halogens is 1. The summed E-state index contributed by atoms with van der Waals surface area (Å²) in [4.78, 5) is 30.4. The molecule has 5 nitrogen and oxygen atoms in total. The van der Waals surface area contributed by atoms with Crippen molar-refractivity contribution < 1.29 is 4.79 Å². The molecule has 0 aliphatic heterocycles. The third-order valence-corrected chi connectivity index (χ3v) is 5.53. The Morgan fingerprint density at radius 1 is 1.18 bits per heavy atom.